The van der Waals surface area contributed by atoms with Gasteiger partial charge in [-0.25, -0.2) is 9.13 Å². The fraction of sp³-hybridized carbons (Fsp3) is 0.701. The van der Waals surface area contributed by atoms with Crippen molar-refractivity contribution < 1.29 is 75.8 Å². The summed E-state index contributed by atoms with van der Waals surface area (Å²) in [7, 11) is -9.79. The minimum absolute atomic E-state index is 0.0898. The second-order valence-corrected chi connectivity index (χ2v) is 27.2. The third kappa shape index (κ3) is 71.1. The normalized spacial score (nSPS) is 14.8. The summed E-state index contributed by atoms with van der Waals surface area (Å²) in [5.41, 5.74) is 0. The molecule has 0 fully saturated rings. The number of hydrogen-bond acceptors (Lipinski definition) is 14. The van der Waals surface area contributed by atoms with E-state index in [4.69, 9.17) is 32.3 Å². The van der Waals surface area contributed by atoms with Crippen LogP contribution in [0.15, 0.2) is 122 Å². The Hall–Kier alpha value is -4.05. The average molecular weight is 1380 g/mol. The van der Waals surface area contributed by atoms with E-state index < -0.39 is 91.5 Å². The Balaban J connectivity index is 4.51. The fourth-order valence-corrected chi connectivity index (χ4v) is 11.2. The minimum atomic E-state index is -4.93. The number of phosphoric ester groups is 2. The van der Waals surface area contributed by atoms with Crippen molar-refractivity contribution in [3.8, 4) is 0 Å². The molecule has 0 saturated carbocycles. The first-order valence-electron chi connectivity index (χ1n) is 36.8. The lowest BCUT2D eigenvalue weighted by molar-refractivity contribution is -0.161. The first-order valence-corrected chi connectivity index (χ1v) is 39.8. The molecule has 4 N–H and O–H groups in total. The first kappa shape index (κ1) is 91.0. The molecule has 0 aromatic carbocycles. The van der Waals surface area contributed by atoms with Gasteiger partial charge in [-0.2, -0.15) is 0 Å². The van der Waals surface area contributed by atoms with E-state index in [0.29, 0.717) is 19.3 Å². The molecule has 0 rings (SSSR count). The summed E-state index contributed by atoms with van der Waals surface area (Å²) in [5.74, 6) is -1.61. The number of aliphatic hydroxyl groups excluding tert-OH is 2. The van der Waals surface area contributed by atoms with Crippen LogP contribution in [-0.4, -0.2) is 95.9 Å². The van der Waals surface area contributed by atoms with Crippen molar-refractivity contribution >= 4 is 33.6 Å². The Morgan fingerprint density at radius 2 is 0.558 bits per heavy atom. The molecule has 0 heterocycles. The maximum Gasteiger partial charge on any atom is 0.472 e. The number of allylic oxidation sites excluding steroid dienone is 20. The van der Waals surface area contributed by atoms with E-state index in [1.54, 1.807) is 0 Å². The van der Waals surface area contributed by atoms with Crippen LogP contribution in [0.5, 0.6) is 0 Å². The quantitative estimate of drug-likeness (QED) is 0.0146. The lowest BCUT2D eigenvalue weighted by Gasteiger charge is -2.21. The second kappa shape index (κ2) is 69.8. The van der Waals surface area contributed by atoms with Crippen LogP contribution in [-0.2, 0) is 55.8 Å². The lowest BCUT2D eigenvalue weighted by Crippen LogP contribution is -2.30. The summed E-state index contributed by atoms with van der Waals surface area (Å²) in [5, 5.41) is 20.6. The third-order valence-corrected chi connectivity index (χ3v) is 17.1. The van der Waals surface area contributed by atoms with E-state index in [2.05, 4.69) is 142 Å². The summed E-state index contributed by atoms with van der Waals surface area (Å²) in [6, 6.07) is 0. The van der Waals surface area contributed by atoms with Crippen LogP contribution in [0.3, 0.4) is 0 Å². The van der Waals surface area contributed by atoms with E-state index in [9.17, 15) is 43.5 Å². The molecule has 0 saturated heterocycles. The number of hydrogen-bond donors (Lipinski definition) is 4. The van der Waals surface area contributed by atoms with Crippen molar-refractivity contribution in [2.24, 2.45) is 0 Å². The van der Waals surface area contributed by atoms with E-state index in [0.717, 1.165) is 161 Å². The van der Waals surface area contributed by atoms with Gasteiger partial charge in [0.25, 0.3) is 0 Å². The molecule has 0 radical (unpaired) electrons. The van der Waals surface area contributed by atoms with E-state index in [-0.39, 0.29) is 19.3 Å². The van der Waals surface area contributed by atoms with Crippen molar-refractivity contribution in [3.63, 3.8) is 0 Å². The largest absolute Gasteiger partial charge is 0.472 e. The van der Waals surface area contributed by atoms with Gasteiger partial charge in [-0.05, 0) is 128 Å². The summed E-state index contributed by atoms with van der Waals surface area (Å²) in [4.78, 5) is 58.5. The molecule has 16 nitrogen and oxygen atoms in total. The molecule has 0 aliphatic rings. The molecule has 0 aliphatic carbocycles. The van der Waals surface area contributed by atoms with Crippen LogP contribution in [0, 0.1) is 0 Å². The van der Waals surface area contributed by atoms with Gasteiger partial charge in [-0.1, -0.05) is 264 Å². The summed E-state index contributed by atoms with van der Waals surface area (Å²) in [6.07, 6.45) is 81.1. The van der Waals surface area contributed by atoms with Gasteiger partial charge in [0.05, 0.1) is 26.4 Å². The number of carbonyl (C=O) groups is 3. The van der Waals surface area contributed by atoms with Gasteiger partial charge >= 0.3 is 33.6 Å². The predicted molar refractivity (Wildman–Crippen MR) is 390 cm³/mol. The van der Waals surface area contributed by atoms with Gasteiger partial charge in [-0.15, -0.1) is 0 Å². The highest BCUT2D eigenvalue weighted by molar-refractivity contribution is 7.47. The zero-order chi connectivity index (χ0) is 69.5. The first-order chi connectivity index (χ1) is 46.2. The number of aliphatic hydroxyl groups is 2. The van der Waals surface area contributed by atoms with Gasteiger partial charge in [0.15, 0.2) is 6.10 Å². The molecule has 0 bridgehead atoms. The number of ether oxygens (including phenoxy) is 3. The number of unbranched alkanes of at least 4 members (excludes halogenated alkanes) is 26. The summed E-state index contributed by atoms with van der Waals surface area (Å²) in [6.45, 7) is 2.41. The summed E-state index contributed by atoms with van der Waals surface area (Å²) >= 11 is 0. The molecule has 95 heavy (non-hydrogen) atoms. The van der Waals surface area contributed by atoms with Crippen LogP contribution < -0.4 is 0 Å². The Labute approximate surface area is 576 Å². The highest BCUT2D eigenvalue weighted by Gasteiger charge is 2.29. The molecule has 546 valence electrons. The van der Waals surface area contributed by atoms with Crippen LogP contribution >= 0.6 is 15.6 Å². The molecular weight excluding hydrogens is 1240 g/mol. The van der Waals surface area contributed by atoms with Crippen LogP contribution in [0.25, 0.3) is 0 Å². The second-order valence-electron chi connectivity index (χ2n) is 24.3. The Morgan fingerprint density at radius 3 is 0.895 bits per heavy atom. The van der Waals surface area contributed by atoms with Gasteiger partial charge in [0.1, 0.15) is 25.4 Å². The standard InChI is InChI=1S/C77H132O16P2/c1-4-7-10-13-16-19-22-25-28-29-30-31-32-33-34-35-36-37-38-39-40-41-44-46-48-51-54-57-60-63-75(80)87-66-72(78)67-89-94(83,84)90-68-73(79)69-91-95(85,86)92-71-74(93-77(82)65-62-59-56-53-50-47-43-27-24-21-18-15-12-9-6-3)70-88-76(81)64-61-58-55-52-49-45-42-26-23-20-17-14-11-8-5-2/h7-8,10-11,16-17,19-20,25-28,30-31,33-34,36-37,42-43,72-74,78-79H,4-6,9,12-15,18,21-24,29,32,35,38-41,44-71H2,1-3H3,(H,83,84)(H,85,86)/b10-7-,11-8-,19-16-,20-17-,28-25-,31-30-,34-33-,37-36-,42-26-,43-27-. The van der Waals surface area contributed by atoms with Gasteiger partial charge < -0.3 is 34.2 Å². The van der Waals surface area contributed by atoms with E-state index >= 15 is 0 Å². The SMILES string of the molecule is CC/C=C\C/C=C\C/C=C\C/C=C\C/C=C\C/C=C\CCCCCCCCCCCCC(=O)OCC(O)COP(=O)(O)OCC(O)COP(=O)(O)OCC(COC(=O)CCCCCCC/C=C\C/C=C\C/C=C\CC)OC(=O)CCCCCCC/C=C\CCCCCCCC. The van der Waals surface area contributed by atoms with Crippen molar-refractivity contribution in [2.75, 3.05) is 39.6 Å². The monoisotopic (exact) mass is 1370 g/mol. The molecule has 0 aromatic heterocycles. The molecule has 5 unspecified atom stereocenters. The number of esters is 3. The molecule has 18 heteroatoms. The Morgan fingerprint density at radius 1 is 0.305 bits per heavy atom. The number of phosphoric acid groups is 2. The van der Waals surface area contributed by atoms with Crippen LogP contribution in [0.4, 0.5) is 0 Å². The molecule has 0 aliphatic heterocycles. The zero-order valence-corrected chi connectivity index (χ0v) is 61.1. The maximum absolute atomic E-state index is 12.9. The van der Waals surface area contributed by atoms with Gasteiger partial charge in [0.2, 0.25) is 0 Å². The molecule has 5 atom stereocenters. The smallest absolute Gasteiger partial charge is 0.463 e. The molecule has 0 amide bonds. The maximum atomic E-state index is 12.9. The van der Waals surface area contributed by atoms with Crippen LogP contribution in [0.1, 0.15) is 290 Å². The van der Waals surface area contributed by atoms with Crippen LogP contribution in [0.2, 0.25) is 0 Å². The minimum Gasteiger partial charge on any atom is -0.463 e. The third-order valence-electron chi connectivity index (χ3n) is 15.2. The Kier molecular flexibility index (Phi) is 66.9. The zero-order valence-electron chi connectivity index (χ0n) is 59.3. The summed E-state index contributed by atoms with van der Waals surface area (Å²) < 4.78 is 61.0. The van der Waals surface area contributed by atoms with Gasteiger partial charge in [-0.3, -0.25) is 32.5 Å². The van der Waals surface area contributed by atoms with Crippen molar-refractivity contribution in [1.82, 2.24) is 0 Å². The topological polar surface area (TPSA) is 231 Å². The molecule has 0 aromatic rings. The lowest BCUT2D eigenvalue weighted by atomic mass is 10.1. The highest BCUT2D eigenvalue weighted by atomic mass is 31.2. The molecular formula is C77H132O16P2. The van der Waals surface area contributed by atoms with Crippen molar-refractivity contribution in [2.45, 2.75) is 309 Å². The Bertz CT molecular complexity index is 2210. The highest BCUT2D eigenvalue weighted by Crippen LogP contribution is 2.45. The predicted octanol–water partition coefficient (Wildman–Crippen LogP) is 21.0. The molecule has 0 spiro atoms. The number of rotatable bonds is 69. The van der Waals surface area contributed by atoms with Crippen molar-refractivity contribution in [1.29, 1.82) is 0 Å². The van der Waals surface area contributed by atoms with E-state index in [1.807, 2.05) is 0 Å². The van der Waals surface area contributed by atoms with Gasteiger partial charge in [0, 0.05) is 19.3 Å². The average Bonchev–Trinajstić information content (AvgIpc) is 1.83. The van der Waals surface area contributed by atoms with E-state index in [1.165, 1.54) is 70.6 Å². The fourth-order valence-electron chi connectivity index (χ4n) is 9.58. The van der Waals surface area contributed by atoms with Crippen molar-refractivity contribution in [3.05, 3.63) is 122 Å². The number of carbonyl (C=O) groups excluding carboxylic acids is 3.